The summed E-state index contributed by atoms with van der Waals surface area (Å²) in [6, 6.07) is 11.7. The van der Waals surface area contributed by atoms with Crippen molar-refractivity contribution in [3.63, 3.8) is 0 Å². The van der Waals surface area contributed by atoms with E-state index >= 15 is 0 Å². The Bertz CT molecular complexity index is 693. The molecule has 2 aromatic rings. The zero-order valence-corrected chi connectivity index (χ0v) is 24.0. The maximum Gasteiger partial charge on any atom is 0.0948 e. The number of hydrogen-bond donors (Lipinski definition) is 0. The summed E-state index contributed by atoms with van der Waals surface area (Å²) in [5.74, 6) is 0.692. The number of imidazole rings is 1. The van der Waals surface area contributed by atoms with Crippen LogP contribution in [0.25, 0.3) is 0 Å². The molecule has 2 heteroatoms. The van der Waals surface area contributed by atoms with E-state index in [-0.39, 0.29) is 0 Å². The molecular weight excluding hydrogens is 436 g/mol. The molecule has 0 fully saturated rings. The van der Waals surface area contributed by atoms with Gasteiger partial charge in [0, 0.05) is 18.4 Å². The average molecular weight is 495 g/mol. The first-order chi connectivity index (χ1) is 17.8. The van der Waals surface area contributed by atoms with E-state index < -0.39 is 0 Å². The summed E-state index contributed by atoms with van der Waals surface area (Å²) in [6.45, 7) is 4.62. The SMILES string of the molecule is CCCCCCCCCCCCCCCCCCC(C(CCCC)Cc1ccccc1)n1ccnc1. The second kappa shape index (κ2) is 21.5. The second-order valence-corrected chi connectivity index (χ2v) is 11.3. The van der Waals surface area contributed by atoms with E-state index in [4.69, 9.17) is 0 Å². The molecule has 0 spiro atoms. The molecule has 2 atom stereocenters. The van der Waals surface area contributed by atoms with Crippen molar-refractivity contribution >= 4 is 0 Å². The molecule has 2 unspecified atom stereocenters. The monoisotopic (exact) mass is 494 g/mol. The van der Waals surface area contributed by atoms with Crippen molar-refractivity contribution in [3.8, 4) is 0 Å². The summed E-state index contributed by atoms with van der Waals surface area (Å²) in [7, 11) is 0. The van der Waals surface area contributed by atoms with Crippen molar-refractivity contribution in [2.24, 2.45) is 5.92 Å². The maximum absolute atomic E-state index is 4.40. The molecule has 1 aromatic carbocycles. The van der Waals surface area contributed by atoms with Gasteiger partial charge < -0.3 is 4.57 Å². The third kappa shape index (κ3) is 14.2. The Morgan fingerprint density at radius 1 is 0.611 bits per heavy atom. The van der Waals surface area contributed by atoms with Crippen molar-refractivity contribution in [1.29, 1.82) is 0 Å². The van der Waals surface area contributed by atoms with Gasteiger partial charge in [0.1, 0.15) is 0 Å². The van der Waals surface area contributed by atoms with Crippen molar-refractivity contribution < 1.29 is 0 Å². The third-order valence-electron chi connectivity index (χ3n) is 8.07. The summed E-state index contributed by atoms with van der Waals surface area (Å²) < 4.78 is 2.41. The smallest absolute Gasteiger partial charge is 0.0948 e. The lowest BCUT2D eigenvalue weighted by atomic mass is 9.85. The predicted octanol–water partition coefficient (Wildman–Crippen LogP) is 11.1. The minimum absolute atomic E-state index is 0.575. The van der Waals surface area contributed by atoms with Crippen LogP contribution in [-0.4, -0.2) is 9.55 Å². The van der Waals surface area contributed by atoms with Crippen LogP contribution in [-0.2, 0) is 6.42 Å². The van der Waals surface area contributed by atoms with Crippen molar-refractivity contribution in [1.82, 2.24) is 9.55 Å². The van der Waals surface area contributed by atoms with Gasteiger partial charge in [-0.05, 0) is 30.7 Å². The summed E-state index contributed by atoms with van der Waals surface area (Å²) >= 11 is 0. The first kappa shape index (κ1) is 30.7. The van der Waals surface area contributed by atoms with Gasteiger partial charge in [0.15, 0.2) is 0 Å². The number of aromatic nitrogens is 2. The van der Waals surface area contributed by atoms with E-state index in [1.807, 2.05) is 6.20 Å². The molecule has 0 aliphatic rings. The molecule has 0 saturated heterocycles. The largest absolute Gasteiger partial charge is 0.334 e. The van der Waals surface area contributed by atoms with E-state index in [0.29, 0.717) is 12.0 Å². The van der Waals surface area contributed by atoms with Crippen LogP contribution in [0.4, 0.5) is 0 Å². The van der Waals surface area contributed by atoms with Gasteiger partial charge in [0.25, 0.3) is 0 Å². The average Bonchev–Trinajstić information content (AvgIpc) is 3.44. The molecule has 0 N–H and O–H groups in total. The van der Waals surface area contributed by atoms with Crippen LogP contribution in [0.2, 0.25) is 0 Å². The molecule has 1 heterocycles. The minimum atomic E-state index is 0.575. The Morgan fingerprint density at radius 2 is 1.14 bits per heavy atom. The molecule has 0 aliphatic heterocycles. The van der Waals surface area contributed by atoms with Gasteiger partial charge in [-0.15, -0.1) is 0 Å². The Hall–Kier alpha value is -1.57. The topological polar surface area (TPSA) is 17.8 Å². The van der Waals surface area contributed by atoms with Crippen LogP contribution < -0.4 is 0 Å². The lowest BCUT2D eigenvalue weighted by Gasteiger charge is -2.29. The Kier molecular flexibility index (Phi) is 18.3. The molecule has 2 nitrogen and oxygen atoms in total. The molecule has 1 aromatic heterocycles. The highest BCUT2D eigenvalue weighted by Crippen LogP contribution is 2.32. The molecule has 204 valence electrons. The van der Waals surface area contributed by atoms with Crippen LogP contribution in [0, 0.1) is 5.92 Å². The molecule has 0 amide bonds. The summed E-state index contributed by atoms with van der Waals surface area (Å²) in [5, 5.41) is 0. The summed E-state index contributed by atoms with van der Waals surface area (Å²) in [6.07, 6.45) is 35.5. The first-order valence-corrected chi connectivity index (χ1v) is 15.9. The maximum atomic E-state index is 4.40. The van der Waals surface area contributed by atoms with Crippen LogP contribution in [0.5, 0.6) is 0 Å². The third-order valence-corrected chi connectivity index (χ3v) is 8.07. The van der Waals surface area contributed by atoms with Crippen LogP contribution >= 0.6 is 0 Å². The van der Waals surface area contributed by atoms with E-state index in [0.717, 1.165) is 0 Å². The molecular formula is C34H58N2. The van der Waals surface area contributed by atoms with Crippen molar-refractivity contribution in [2.75, 3.05) is 0 Å². The number of unbranched alkanes of at least 4 members (excludes halogenated alkanes) is 16. The predicted molar refractivity (Wildman–Crippen MR) is 159 cm³/mol. The van der Waals surface area contributed by atoms with Gasteiger partial charge in [0.2, 0.25) is 0 Å². The van der Waals surface area contributed by atoms with Crippen molar-refractivity contribution in [3.05, 3.63) is 54.6 Å². The van der Waals surface area contributed by atoms with Gasteiger partial charge >= 0.3 is 0 Å². The highest BCUT2D eigenvalue weighted by molar-refractivity contribution is 5.15. The van der Waals surface area contributed by atoms with Crippen LogP contribution in [0.3, 0.4) is 0 Å². The highest BCUT2D eigenvalue weighted by Gasteiger charge is 2.22. The fourth-order valence-electron chi connectivity index (χ4n) is 5.81. The second-order valence-electron chi connectivity index (χ2n) is 11.3. The quantitative estimate of drug-likeness (QED) is 0.133. The standard InChI is InChI=1S/C34H58N2/c1-3-5-7-8-9-10-11-12-13-14-15-16-17-18-19-23-27-34(36-29-28-35-31-36)33(26-6-4-2)30-32-24-21-20-22-25-32/h20-22,24-25,28-29,31,33-34H,3-19,23,26-27,30H2,1-2H3. The normalized spacial score (nSPS) is 13.2. The lowest BCUT2D eigenvalue weighted by molar-refractivity contribution is 0.277. The minimum Gasteiger partial charge on any atom is -0.334 e. The van der Waals surface area contributed by atoms with Gasteiger partial charge in [-0.3, -0.25) is 0 Å². The van der Waals surface area contributed by atoms with Crippen LogP contribution in [0.15, 0.2) is 49.1 Å². The van der Waals surface area contributed by atoms with E-state index in [1.165, 1.54) is 140 Å². The number of hydrogen-bond acceptors (Lipinski definition) is 1. The Balaban J connectivity index is 1.59. The number of benzene rings is 1. The van der Waals surface area contributed by atoms with Crippen molar-refractivity contribution in [2.45, 2.75) is 155 Å². The van der Waals surface area contributed by atoms with Gasteiger partial charge in [-0.25, -0.2) is 4.98 Å². The fraction of sp³-hybridized carbons (Fsp3) is 0.735. The van der Waals surface area contributed by atoms with E-state index in [9.17, 15) is 0 Å². The van der Waals surface area contributed by atoms with Gasteiger partial charge in [0.05, 0.1) is 6.33 Å². The molecule has 0 radical (unpaired) electrons. The molecule has 0 bridgehead atoms. The summed E-state index contributed by atoms with van der Waals surface area (Å²) in [4.78, 5) is 4.40. The molecule has 0 aliphatic carbocycles. The number of nitrogens with zero attached hydrogens (tertiary/aromatic N) is 2. The lowest BCUT2D eigenvalue weighted by Crippen LogP contribution is -2.21. The van der Waals surface area contributed by atoms with E-state index in [2.05, 4.69) is 66.3 Å². The fourth-order valence-corrected chi connectivity index (χ4v) is 5.81. The zero-order valence-electron chi connectivity index (χ0n) is 24.0. The van der Waals surface area contributed by atoms with E-state index in [1.54, 1.807) is 0 Å². The highest BCUT2D eigenvalue weighted by atomic mass is 15.1. The van der Waals surface area contributed by atoms with Crippen LogP contribution in [0.1, 0.15) is 154 Å². The Morgan fingerprint density at radius 3 is 1.64 bits per heavy atom. The van der Waals surface area contributed by atoms with Gasteiger partial charge in [-0.2, -0.15) is 0 Å². The molecule has 36 heavy (non-hydrogen) atoms. The van der Waals surface area contributed by atoms with Gasteiger partial charge in [-0.1, -0.05) is 160 Å². The Labute approximate surface area is 224 Å². The number of rotatable bonds is 24. The molecule has 0 saturated carbocycles. The zero-order chi connectivity index (χ0) is 25.5. The summed E-state index contributed by atoms with van der Waals surface area (Å²) in [5.41, 5.74) is 1.48. The first-order valence-electron chi connectivity index (χ1n) is 15.9. The molecule has 2 rings (SSSR count).